The summed E-state index contributed by atoms with van der Waals surface area (Å²) in [5, 5.41) is 1.56. The van der Waals surface area contributed by atoms with Gasteiger partial charge in [0.05, 0.1) is 0 Å². The van der Waals surface area contributed by atoms with E-state index in [2.05, 4.69) is 83.1 Å². The molecule has 0 aromatic rings. The summed E-state index contributed by atoms with van der Waals surface area (Å²) in [6.45, 7) is 11.0. The molecular formula is C22H25Cl2PSZr-2. The Morgan fingerprint density at radius 3 is 2.41 bits per heavy atom. The molecule has 144 valence electrons. The van der Waals surface area contributed by atoms with Crippen LogP contribution in [-0.4, -0.2) is 21.8 Å². The molecule has 0 spiro atoms. The first-order chi connectivity index (χ1) is 11.8. The van der Waals surface area contributed by atoms with Gasteiger partial charge in [0.25, 0.3) is 0 Å². The van der Waals surface area contributed by atoms with Gasteiger partial charge in [0.2, 0.25) is 0 Å². The molecule has 0 saturated carbocycles. The number of fused-ring (bicyclic) bond motifs is 2. The molecule has 0 radical (unpaired) electrons. The third kappa shape index (κ3) is 7.56. The molecule has 2 unspecified atom stereocenters. The Balaban J connectivity index is 0.000000397. The first-order valence-corrected chi connectivity index (χ1v) is 12.7. The van der Waals surface area contributed by atoms with E-state index < -0.39 is 0 Å². The summed E-state index contributed by atoms with van der Waals surface area (Å²) >= 11 is 3.33. The molecule has 27 heavy (non-hydrogen) atoms. The molecule has 0 nitrogen and oxygen atoms in total. The van der Waals surface area contributed by atoms with Crippen molar-refractivity contribution in [3.05, 3.63) is 81.1 Å². The van der Waals surface area contributed by atoms with E-state index in [0.717, 1.165) is 5.66 Å². The molecule has 4 aliphatic rings. The van der Waals surface area contributed by atoms with Crippen LogP contribution in [0.5, 0.6) is 0 Å². The fourth-order valence-electron chi connectivity index (χ4n) is 2.74. The van der Waals surface area contributed by atoms with Crippen LogP contribution in [0.2, 0.25) is 0 Å². The SMILES string of the molecule is CC1=[C-]C2=CC(C)P(C)C2=C1.CSC1=C2[C-]=CC=C2C=C1.C[C](C)=[Zr+2].[Cl-].[Cl-]. The summed E-state index contributed by atoms with van der Waals surface area (Å²) in [5.41, 5.74) is 6.03. The van der Waals surface area contributed by atoms with Crippen molar-refractivity contribution in [3.63, 3.8) is 0 Å². The van der Waals surface area contributed by atoms with Crippen LogP contribution in [0.1, 0.15) is 27.7 Å². The fraction of sp³-hybridized carbons (Fsp3) is 0.318. The van der Waals surface area contributed by atoms with Gasteiger partial charge in [-0.05, 0) is 18.6 Å². The zero-order valence-electron chi connectivity index (χ0n) is 16.7. The minimum Gasteiger partial charge on any atom is -1.00 e. The maximum absolute atomic E-state index is 3.38. The zero-order valence-corrected chi connectivity index (χ0v) is 22.3. The van der Waals surface area contributed by atoms with Crippen molar-refractivity contribution in [2.45, 2.75) is 33.4 Å². The summed E-state index contributed by atoms with van der Waals surface area (Å²) < 4.78 is 1.51. The van der Waals surface area contributed by atoms with Crippen LogP contribution in [0, 0.1) is 12.2 Å². The third-order valence-electron chi connectivity index (χ3n) is 4.02. The molecule has 2 atom stereocenters. The van der Waals surface area contributed by atoms with Crippen LogP contribution in [0.15, 0.2) is 69.0 Å². The van der Waals surface area contributed by atoms with Gasteiger partial charge in [-0.3, -0.25) is 0 Å². The predicted molar refractivity (Wildman–Crippen MR) is 113 cm³/mol. The summed E-state index contributed by atoms with van der Waals surface area (Å²) in [4.78, 5) is 1.33. The van der Waals surface area contributed by atoms with E-state index in [9.17, 15) is 0 Å². The van der Waals surface area contributed by atoms with Crippen molar-refractivity contribution >= 4 is 22.9 Å². The Morgan fingerprint density at radius 2 is 1.85 bits per heavy atom. The third-order valence-corrected chi connectivity index (χ3v) is 7.30. The van der Waals surface area contributed by atoms with Gasteiger partial charge < -0.3 is 24.8 Å². The van der Waals surface area contributed by atoms with E-state index in [-0.39, 0.29) is 32.7 Å². The molecule has 1 aliphatic heterocycles. The summed E-state index contributed by atoms with van der Waals surface area (Å²) in [7, 11) is 0.0919. The average Bonchev–Trinajstić information content (AvgIpc) is 3.25. The number of allylic oxidation sites excluding steroid dienone is 13. The van der Waals surface area contributed by atoms with Crippen molar-refractivity contribution in [2.24, 2.45) is 0 Å². The Labute approximate surface area is 198 Å². The monoisotopic (exact) mass is 512 g/mol. The molecule has 0 fully saturated rings. The Morgan fingerprint density at radius 1 is 1.22 bits per heavy atom. The largest absolute Gasteiger partial charge is 1.00 e. The predicted octanol–water partition coefficient (Wildman–Crippen LogP) is 0.300. The van der Waals surface area contributed by atoms with E-state index in [1.54, 1.807) is 41.3 Å². The zero-order chi connectivity index (χ0) is 18.6. The van der Waals surface area contributed by atoms with Crippen LogP contribution in [0.4, 0.5) is 0 Å². The number of thioether (sulfide) groups is 1. The molecular weight excluding hydrogens is 489 g/mol. The molecule has 0 aromatic carbocycles. The van der Waals surface area contributed by atoms with E-state index in [0.29, 0.717) is 0 Å². The Kier molecular flexibility index (Phi) is 12.9. The minimum atomic E-state index is 0. The van der Waals surface area contributed by atoms with Gasteiger partial charge in [0.15, 0.2) is 0 Å². The van der Waals surface area contributed by atoms with E-state index in [1.165, 1.54) is 30.4 Å². The number of halogens is 2. The molecule has 5 heteroatoms. The molecule has 0 bridgehead atoms. The molecule has 4 rings (SSSR count). The first kappa shape index (κ1) is 27.3. The second-order valence-electron chi connectivity index (χ2n) is 6.48. The standard InChI is InChI=1S/C10H12P.C9H7S.C3H6.2ClH.Zr/c1-7-4-9-6-8(2)11(3)10(9)5-7;1-10-9-6-5-7-3-2-4-8(7)9;1-3-2;;;/h5-6,8H,1-3H3;2-3,5-6H,1H3;1-2H3;2*1H;/q2*-1;;;;+2/p-2. The van der Waals surface area contributed by atoms with Crippen molar-refractivity contribution in [1.29, 1.82) is 0 Å². The van der Waals surface area contributed by atoms with Gasteiger partial charge in [-0.1, -0.05) is 24.8 Å². The van der Waals surface area contributed by atoms with E-state index in [4.69, 9.17) is 0 Å². The summed E-state index contributed by atoms with van der Waals surface area (Å²) in [6.07, 6.45) is 21.7. The number of hydrogen-bond donors (Lipinski definition) is 0. The maximum atomic E-state index is 3.38. The van der Waals surface area contributed by atoms with Crippen molar-refractivity contribution in [2.75, 3.05) is 12.9 Å². The van der Waals surface area contributed by atoms with Gasteiger partial charge in [-0.15, -0.1) is 48.2 Å². The van der Waals surface area contributed by atoms with Gasteiger partial charge in [0, 0.05) is 0 Å². The summed E-state index contributed by atoms with van der Waals surface area (Å²) in [6, 6.07) is 0. The fourth-order valence-corrected chi connectivity index (χ4v) is 5.04. The Bertz CT molecular complexity index is 778. The number of hydrogen-bond acceptors (Lipinski definition) is 1. The van der Waals surface area contributed by atoms with Crippen molar-refractivity contribution < 1.29 is 49.0 Å². The number of rotatable bonds is 1. The quantitative estimate of drug-likeness (QED) is 0.359. The van der Waals surface area contributed by atoms with Gasteiger partial charge in [-0.25, -0.2) is 0 Å². The molecule has 0 aromatic heterocycles. The minimum absolute atomic E-state index is 0. The van der Waals surface area contributed by atoms with Gasteiger partial charge >= 0.3 is 41.3 Å². The molecule has 3 aliphatic carbocycles. The van der Waals surface area contributed by atoms with Gasteiger partial charge in [0.1, 0.15) is 0 Å². The van der Waals surface area contributed by atoms with Crippen LogP contribution in [0.25, 0.3) is 0 Å². The second kappa shape index (κ2) is 12.8. The Hall–Kier alpha value is 0.293. The smallest absolute Gasteiger partial charge is 1.00 e. The van der Waals surface area contributed by atoms with Crippen LogP contribution in [-0.2, 0) is 24.2 Å². The van der Waals surface area contributed by atoms with Crippen LogP contribution in [0.3, 0.4) is 0 Å². The first-order valence-electron chi connectivity index (χ1n) is 8.39. The maximum Gasteiger partial charge on any atom is -1.00 e. The normalized spacial score (nSPS) is 22.7. The van der Waals surface area contributed by atoms with Crippen LogP contribution >= 0.6 is 19.7 Å². The van der Waals surface area contributed by atoms with Crippen LogP contribution < -0.4 is 24.8 Å². The topological polar surface area (TPSA) is 0 Å². The van der Waals surface area contributed by atoms with E-state index in [1.807, 2.05) is 6.08 Å². The molecule has 1 heterocycles. The van der Waals surface area contributed by atoms with E-state index >= 15 is 0 Å². The molecule has 0 N–H and O–H groups in total. The molecule has 0 saturated heterocycles. The van der Waals surface area contributed by atoms with Gasteiger partial charge in [-0.2, -0.15) is 41.6 Å². The summed E-state index contributed by atoms with van der Waals surface area (Å²) in [5.74, 6) is 0. The van der Waals surface area contributed by atoms with Crippen molar-refractivity contribution in [1.82, 2.24) is 0 Å². The van der Waals surface area contributed by atoms with Crippen molar-refractivity contribution in [3.8, 4) is 0 Å². The molecule has 0 amide bonds. The second-order valence-corrected chi connectivity index (χ2v) is 12.3. The average molecular weight is 515 g/mol.